The molecule has 0 bridgehead atoms. The Labute approximate surface area is 114 Å². The molecule has 0 aromatic carbocycles. The van der Waals surface area contributed by atoms with Crippen molar-refractivity contribution in [1.82, 2.24) is 9.88 Å². The molecule has 2 aromatic rings. The van der Waals surface area contributed by atoms with E-state index in [2.05, 4.69) is 4.98 Å². The van der Waals surface area contributed by atoms with Gasteiger partial charge in [0.1, 0.15) is 0 Å². The number of nitrogens with zero attached hydrogens (tertiary/aromatic N) is 2. The van der Waals surface area contributed by atoms with Gasteiger partial charge in [-0.15, -0.1) is 11.3 Å². The number of nitrogen functional groups attached to an aromatic ring is 1. The highest BCUT2D eigenvalue weighted by Gasteiger charge is 2.16. The van der Waals surface area contributed by atoms with Gasteiger partial charge in [0.2, 0.25) is 0 Å². The molecule has 0 aliphatic carbocycles. The summed E-state index contributed by atoms with van der Waals surface area (Å²) in [6.45, 7) is 0.492. The Morgan fingerprint density at radius 1 is 1.50 bits per heavy atom. The molecule has 0 atom stereocenters. The topological polar surface area (TPSA) is 59.2 Å². The molecule has 0 aliphatic heterocycles. The van der Waals surface area contributed by atoms with Crippen molar-refractivity contribution in [3.63, 3.8) is 0 Å². The van der Waals surface area contributed by atoms with E-state index in [4.69, 9.17) is 17.3 Å². The average Bonchev–Trinajstić information content (AvgIpc) is 2.74. The number of thiophene rings is 1. The molecular weight excluding hydrogens is 270 g/mol. The lowest BCUT2D eigenvalue weighted by molar-refractivity contribution is 0.0782. The molecule has 2 heterocycles. The molecule has 0 saturated carbocycles. The number of hydrogen-bond donors (Lipinski definition) is 1. The van der Waals surface area contributed by atoms with Crippen LogP contribution >= 0.6 is 22.9 Å². The van der Waals surface area contributed by atoms with Crippen molar-refractivity contribution in [3.05, 3.63) is 45.4 Å². The molecule has 0 fully saturated rings. The van der Waals surface area contributed by atoms with Crippen LogP contribution in [0.5, 0.6) is 0 Å². The minimum Gasteiger partial charge on any atom is -0.397 e. The third-order valence-electron chi connectivity index (χ3n) is 2.41. The molecule has 0 unspecified atom stereocenters. The van der Waals surface area contributed by atoms with Crippen molar-refractivity contribution in [3.8, 4) is 0 Å². The molecule has 94 valence electrons. The monoisotopic (exact) mass is 281 g/mol. The number of anilines is 1. The summed E-state index contributed by atoms with van der Waals surface area (Å²) in [5, 5.41) is 0. The Bertz CT molecular complexity index is 570. The second-order valence-corrected chi connectivity index (χ2v) is 5.61. The van der Waals surface area contributed by atoms with Crippen LogP contribution < -0.4 is 5.73 Å². The molecule has 1 amide bonds. The molecule has 0 aliphatic rings. The fourth-order valence-electron chi connectivity index (χ4n) is 1.52. The normalized spacial score (nSPS) is 10.3. The summed E-state index contributed by atoms with van der Waals surface area (Å²) in [6.07, 6.45) is 1.56. The van der Waals surface area contributed by atoms with E-state index in [1.165, 1.54) is 11.3 Å². The molecular formula is C12H12ClN3OS. The van der Waals surface area contributed by atoms with E-state index in [1.54, 1.807) is 30.3 Å². The van der Waals surface area contributed by atoms with E-state index in [0.717, 1.165) is 4.88 Å². The van der Waals surface area contributed by atoms with Crippen LogP contribution in [0.25, 0.3) is 0 Å². The Balaban J connectivity index is 2.12. The largest absolute Gasteiger partial charge is 0.397 e. The minimum atomic E-state index is -0.197. The van der Waals surface area contributed by atoms with Crippen LogP contribution in [0.3, 0.4) is 0 Å². The van der Waals surface area contributed by atoms with Crippen LogP contribution in [-0.4, -0.2) is 22.8 Å². The molecule has 2 rings (SSSR count). The van der Waals surface area contributed by atoms with Crippen molar-refractivity contribution in [2.45, 2.75) is 6.54 Å². The number of aromatic nitrogens is 1. The first-order valence-electron chi connectivity index (χ1n) is 5.28. The number of nitrogens with two attached hydrogens (primary N) is 1. The van der Waals surface area contributed by atoms with Crippen LogP contribution in [0.2, 0.25) is 4.34 Å². The summed E-state index contributed by atoms with van der Waals surface area (Å²) in [7, 11) is 1.71. The van der Waals surface area contributed by atoms with Crippen molar-refractivity contribution >= 4 is 34.5 Å². The van der Waals surface area contributed by atoms with E-state index in [9.17, 15) is 4.79 Å². The lowest BCUT2D eigenvalue weighted by atomic mass is 10.2. The Morgan fingerprint density at radius 3 is 2.89 bits per heavy atom. The second-order valence-electron chi connectivity index (χ2n) is 3.81. The number of pyridine rings is 1. The summed E-state index contributed by atoms with van der Waals surface area (Å²) in [4.78, 5) is 18.7. The molecule has 6 heteroatoms. The van der Waals surface area contributed by atoms with Crippen molar-refractivity contribution in [2.24, 2.45) is 0 Å². The number of carbonyl (C=O) groups excluding carboxylic acids is 1. The second kappa shape index (κ2) is 5.37. The third kappa shape index (κ3) is 2.80. The van der Waals surface area contributed by atoms with Gasteiger partial charge in [-0.2, -0.15) is 0 Å². The highest BCUT2D eigenvalue weighted by Crippen LogP contribution is 2.23. The number of halogens is 1. The first-order chi connectivity index (χ1) is 8.58. The van der Waals surface area contributed by atoms with Gasteiger partial charge in [0.15, 0.2) is 5.69 Å². The highest BCUT2D eigenvalue weighted by atomic mass is 35.5. The maximum atomic E-state index is 12.1. The quantitative estimate of drug-likeness (QED) is 0.941. The van der Waals surface area contributed by atoms with Gasteiger partial charge in [0, 0.05) is 18.1 Å². The van der Waals surface area contributed by atoms with Gasteiger partial charge in [0.25, 0.3) is 5.91 Å². The van der Waals surface area contributed by atoms with Gasteiger partial charge in [0.05, 0.1) is 16.6 Å². The van der Waals surface area contributed by atoms with Crippen LogP contribution in [0.1, 0.15) is 15.4 Å². The SMILES string of the molecule is CN(Cc1ccc(Cl)s1)C(=O)c1ncccc1N. The van der Waals surface area contributed by atoms with Crippen molar-refractivity contribution in [2.75, 3.05) is 12.8 Å². The number of carbonyl (C=O) groups is 1. The van der Waals surface area contributed by atoms with E-state index < -0.39 is 0 Å². The Hall–Kier alpha value is -1.59. The van der Waals surface area contributed by atoms with Crippen LogP contribution in [0.4, 0.5) is 5.69 Å². The summed E-state index contributed by atoms with van der Waals surface area (Å²) in [5.41, 5.74) is 6.40. The average molecular weight is 282 g/mol. The third-order valence-corrected chi connectivity index (χ3v) is 3.63. The first kappa shape index (κ1) is 12.9. The van der Waals surface area contributed by atoms with Crippen LogP contribution in [-0.2, 0) is 6.54 Å². The minimum absolute atomic E-state index is 0.197. The lowest BCUT2D eigenvalue weighted by Gasteiger charge is -2.16. The van der Waals surface area contributed by atoms with E-state index in [-0.39, 0.29) is 11.6 Å². The van der Waals surface area contributed by atoms with Crippen molar-refractivity contribution in [1.29, 1.82) is 0 Å². The van der Waals surface area contributed by atoms with Gasteiger partial charge in [-0.05, 0) is 24.3 Å². The van der Waals surface area contributed by atoms with E-state index in [0.29, 0.717) is 16.6 Å². The van der Waals surface area contributed by atoms with E-state index >= 15 is 0 Å². The maximum absolute atomic E-state index is 12.1. The van der Waals surface area contributed by atoms with Crippen LogP contribution in [0.15, 0.2) is 30.5 Å². The Morgan fingerprint density at radius 2 is 2.28 bits per heavy atom. The highest BCUT2D eigenvalue weighted by molar-refractivity contribution is 7.16. The van der Waals surface area contributed by atoms with Gasteiger partial charge in [-0.3, -0.25) is 4.79 Å². The summed E-state index contributed by atoms with van der Waals surface area (Å²) in [6, 6.07) is 7.08. The number of hydrogen-bond acceptors (Lipinski definition) is 4. The predicted molar refractivity (Wildman–Crippen MR) is 73.8 cm³/mol. The van der Waals surface area contributed by atoms with Gasteiger partial charge >= 0.3 is 0 Å². The fourth-order valence-corrected chi connectivity index (χ4v) is 2.66. The first-order valence-corrected chi connectivity index (χ1v) is 6.47. The molecule has 2 aromatic heterocycles. The van der Waals surface area contributed by atoms with Gasteiger partial charge in [-0.1, -0.05) is 11.6 Å². The zero-order valence-electron chi connectivity index (χ0n) is 9.76. The number of rotatable bonds is 3. The zero-order valence-corrected chi connectivity index (χ0v) is 11.3. The summed E-state index contributed by atoms with van der Waals surface area (Å²) >= 11 is 7.30. The Kier molecular flexibility index (Phi) is 3.84. The molecule has 18 heavy (non-hydrogen) atoms. The summed E-state index contributed by atoms with van der Waals surface area (Å²) < 4.78 is 0.711. The van der Waals surface area contributed by atoms with Crippen molar-refractivity contribution < 1.29 is 4.79 Å². The fraction of sp³-hybridized carbons (Fsp3) is 0.167. The molecule has 0 radical (unpaired) electrons. The number of amides is 1. The zero-order chi connectivity index (χ0) is 13.1. The van der Waals surface area contributed by atoms with Crippen LogP contribution in [0, 0.1) is 0 Å². The summed E-state index contributed by atoms with van der Waals surface area (Å²) in [5.74, 6) is -0.197. The molecule has 2 N–H and O–H groups in total. The van der Waals surface area contributed by atoms with E-state index in [1.807, 2.05) is 12.1 Å². The lowest BCUT2D eigenvalue weighted by Crippen LogP contribution is -2.27. The molecule has 4 nitrogen and oxygen atoms in total. The standard InChI is InChI=1S/C12H12ClN3OS/c1-16(7-8-4-5-10(13)18-8)12(17)11-9(14)3-2-6-15-11/h2-6H,7,14H2,1H3. The molecule has 0 spiro atoms. The van der Waals surface area contributed by atoms with Gasteiger partial charge < -0.3 is 10.6 Å². The smallest absolute Gasteiger partial charge is 0.274 e. The predicted octanol–water partition coefficient (Wildman–Crippen LogP) is 2.65. The van der Waals surface area contributed by atoms with Gasteiger partial charge in [-0.25, -0.2) is 4.98 Å². The molecule has 0 saturated heterocycles. The maximum Gasteiger partial charge on any atom is 0.274 e.